The number of benzene rings is 1. The van der Waals surface area contributed by atoms with Crippen molar-refractivity contribution in [2.45, 2.75) is 26.9 Å². The molecule has 0 saturated carbocycles. The van der Waals surface area contributed by atoms with E-state index in [1.807, 2.05) is 13.8 Å². The molecule has 6 heteroatoms. The van der Waals surface area contributed by atoms with Crippen LogP contribution in [-0.4, -0.2) is 30.2 Å². The standard InChI is InChI=1S/C15H19NO5/c1-9(2)21-13-6-5-11(8-14(13)20-4)7-12(15(18)19)16-10(3)17/h5-9H,1-4H3,(H,16,17)(H,18,19)/b12-7-. The van der Waals surface area contributed by atoms with Crippen LogP contribution >= 0.6 is 0 Å². The molecule has 0 aliphatic heterocycles. The number of hydrogen-bond donors (Lipinski definition) is 2. The molecule has 0 aliphatic rings. The number of ether oxygens (including phenoxy) is 2. The molecule has 1 rings (SSSR count). The van der Waals surface area contributed by atoms with E-state index in [-0.39, 0.29) is 11.8 Å². The zero-order chi connectivity index (χ0) is 16.0. The maximum Gasteiger partial charge on any atom is 0.352 e. The molecule has 0 heterocycles. The second-order valence-corrected chi connectivity index (χ2v) is 4.62. The molecular formula is C15H19NO5. The Morgan fingerprint density at radius 1 is 1.29 bits per heavy atom. The fourth-order valence-corrected chi connectivity index (χ4v) is 1.63. The molecule has 21 heavy (non-hydrogen) atoms. The number of carboxylic acid groups (broad SMARTS) is 1. The summed E-state index contributed by atoms with van der Waals surface area (Å²) in [6.07, 6.45) is 1.35. The summed E-state index contributed by atoms with van der Waals surface area (Å²) >= 11 is 0. The van der Waals surface area contributed by atoms with E-state index in [9.17, 15) is 9.59 Å². The first-order valence-corrected chi connectivity index (χ1v) is 6.40. The molecule has 1 aromatic carbocycles. The van der Waals surface area contributed by atoms with Gasteiger partial charge < -0.3 is 19.9 Å². The summed E-state index contributed by atoms with van der Waals surface area (Å²) in [6.45, 7) is 5.04. The van der Waals surface area contributed by atoms with Gasteiger partial charge in [-0.2, -0.15) is 0 Å². The summed E-state index contributed by atoms with van der Waals surface area (Å²) in [6, 6.07) is 5.02. The van der Waals surface area contributed by atoms with Crippen LogP contribution in [0.5, 0.6) is 11.5 Å². The molecule has 2 N–H and O–H groups in total. The van der Waals surface area contributed by atoms with E-state index >= 15 is 0 Å². The number of methoxy groups -OCH3 is 1. The highest BCUT2D eigenvalue weighted by Gasteiger charge is 2.11. The third-order valence-corrected chi connectivity index (χ3v) is 2.40. The van der Waals surface area contributed by atoms with Gasteiger partial charge in [-0.25, -0.2) is 4.79 Å². The third-order valence-electron chi connectivity index (χ3n) is 2.40. The summed E-state index contributed by atoms with van der Waals surface area (Å²) in [4.78, 5) is 22.1. The summed E-state index contributed by atoms with van der Waals surface area (Å²) in [5.74, 6) is -0.604. The predicted octanol–water partition coefficient (Wildman–Crippen LogP) is 2.04. The van der Waals surface area contributed by atoms with Crippen LogP contribution < -0.4 is 14.8 Å². The Morgan fingerprint density at radius 2 is 1.95 bits per heavy atom. The number of hydrogen-bond acceptors (Lipinski definition) is 4. The first-order chi connectivity index (χ1) is 9.83. The van der Waals surface area contributed by atoms with Gasteiger partial charge in [0.1, 0.15) is 5.70 Å². The molecule has 0 bridgehead atoms. The van der Waals surface area contributed by atoms with Crippen molar-refractivity contribution in [3.8, 4) is 11.5 Å². The Kier molecular flexibility index (Phi) is 5.78. The number of rotatable bonds is 6. The van der Waals surface area contributed by atoms with E-state index in [1.165, 1.54) is 20.1 Å². The average Bonchev–Trinajstić information content (AvgIpc) is 2.38. The predicted molar refractivity (Wildman–Crippen MR) is 78.2 cm³/mol. The number of carbonyl (C=O) groups is 2. The van der Waals surface area contributed by atoms with Crippen LogP contribution in [0, 0.1) is 0 Å². The van der Waals surface area contributed by atoms with Crippen LogP contribution in [-0.2, 0) is 9.59 Å². The Labute approximate surface area is 123 Å². The lowest BCUT2D eigenvalue weighted by atomic mass is 10.1. The second kappa shape index (κ2) is 7.33. The zero-order valence-electron chi connectivity index (χ0n) is 12.5. The molecule has 0 unspecified atom stereocenters. The first kappa shape index (κ1) is 16.6. The number of amides is 1. The minimum absolute atomic E-state index is 0.00532. The molecule has 0 atom stereocenters. The molecule has 0 saturated heterocycles. The lowest BCUT2D eigenvalue weighted by Crippen LogP contribution is -2.24. The monoisotopic (exact) mass is 293 g/mol. The molecule has 114 valence electrons. The van der Waals surface area contributed by atoms with E-state index in [0.717, 1.165) is 0 Å². The molecule has 0 aromatic heterocycles. The average molecular weight is 293 g/mol. The molecule has 6 nitrogen and oxygen atoms in total. The third kappa shape index (κ3) is 5.18. The summed E-state index contributed by atoms with van der Waals surface area (Å²) in [5, 5.41) is 11.3. The SMILES string of the molecule is COc1cc(/C=C(\NC(C)=O)C(=O)O)ccc1OC(C)C. The van der Waals surface area contributed by atoms with Gasteiger partial charge in [-0.05, 0) is 37.6 Å². The van der Waals surface area contributed by atoms with E-state index in [2.05, 4.69) is 5.32 Å². The van der Waals surface area contributed by atoms with Gasteiger partial charge >= 0.3 is 5.97 Å². The van der Waals surface area contributed by atoms with Crippen molar-refractivity contribution in [2.24, 2.45) is 0 Å². The molecule has 0 spiro atoms. The molecule has 0 aliphatic carbocycles. The van der Waals surface area contributed by atoms with Crippen molar-refractivity contribution in [3.63, 3.8) is 0 Å². The smallest absolute Gasteiger partial charge is 0.352 e. The van der Waals surface area contributed by atoms with Gasteiger partial charge in [-0.3, -0.25) is 4.79 Å². The van der Waals surface area contributed by atoms with Crippen molar-refractivity contribution in [3.05, 3.63) is 29.5 Å². The Bertz CT molecular complexity index is 563. The molecule has 0 radical (unpaired) electrons. The number of aliphatic carboxylic acids is 1. The largest absolute Gasteiger partial charge is 0.493 e. The van der Waals surface area contributed by atoms with Crippen LogP contribution in [0.25, 0.3) is 6.08 Å². The first-order valence-electron chi connectivity index (χ1n) is 6.40. The van der Waals surface area contributed by atoms with Crippen molar-refractivity contribution in [1.82, 2.24) is 5.32 Å². The number of carboxylic acids is 1. The van der Waals surface area contributed by atoms with Gasteiger partial charge in [0.25, 0.3) is 0 Å². The topological polar surface area (TPSA) is 84.9 Å². The highest BCUT2D eigenvalue weighted by Crippen LogP contribution is 2.29. The molecule has 0 fully saturated rings. The van der Waals surface area contributed by atoms with Crippen molar-refractivity contribution >= 4 is 18.0 Å². The van der Waals surface area contributed by atoms with Crippen LogP contribution in [0.3, 0.4) is 0 Å². The van der Waals surface area contributed by atoms with Gasteiger partial charge in [0.15, 0.2) is 11.5 Å². The van der Waals surface area contributed by atoms with E-state index in [0.29, 0.717) is 17.1 Å². The number of carbonyl (C=O) groups excluding carboxylic acids is 1. The van der Waals surface area contributed by atoms with Gasteiger partial charge in [-0.15, -0.1) is 0 Å². The van der Waals surface area contributed by atoms with Crippen molar-refractivity contribution < 1.29 is 24.2 Å². The highest BCUT2D eigenvalue weighted by molar-refractivity contribution is 5.96. The van der Waals surface area contributed by atoms with Crippen molar-refractivity contribution in [1.29, 1.82) is 0 Å². The maximum absolute atomic E-state index is 11.1. The molecular weight excluding hydrogens is 274 g/mol. The van der Waals surface area contributed by atoms with E-state index in [4.69, 9.17) is 14.6 Å². The highest BCUT2D eigenvalue weighted by atomic mass is 16.5. The fourth-order valence-electron chi connectivity index (χ4n) is 1.63. The summed E-state index contributed by atoms with van der Waals surface area (Å²) in [7, 11) is 1.50. The van der Waals surface area contributed by atoms with E-state index in [1.54, 1.807) is 18.2 Å². The second-order valence-electron chi connectivity index (χ2n) is 4.62. The normalized spacial score (nSPS) is 11.2. The van der Waals surface area contributed by atoms with E-state index < -0.39 is 11.9 Å². The molecule has 1 aromatic rings. The van der Waals surface area contributed by atoms with Crippen LogP contribution in [0.4, 0.5) is 0 Å². The quantitative estimate of drug-likeness (QED) is 0.784. The number of nitrogens with one attached hydrogen (secondary N) is 1. The van der Waals surface area contributed by atoms with Crippen LogP contribution in [0.2, 0.25) is 0 Å². The summed E-state index contributed by atoms with van der Waals surface area (Å²) < 4.78 is 10.8. The lowest BCUT2D eigenvalue weighted by Gasteiger charge is -2.14. The Morgan fingerprint density at radius 3 is 2.43 bits per heavy atom. The molecule has 1 amide bonds. The van der Waals surface area contributed by atoms with Gasteiger partial charge in [0, 0.05) is 6.92 Å². The maximum atomic E-state index is 11.1. The zero-order valence-corrected chi connectivity index (χ0v) is 12.5. The van der Waals surface area contributed by atoms with Gasteiger partial charge in [0.2, 0.25) is 5.91 Å². The lowest BCUT2D eigenvalue weighted by molar-refractivity contribution is -0.134. The summed E-state index contributed by atoms with van der Waals surface area (Å²) in [5.41, 5.74) is 0.371. The van der Waals surface area contributed by atoms with Crippen molar-refractivity contribution in [2.75, 3.05) is 7.11 Å². The van der Waals surface area contributed by atoms with Crippen LogP contribution in [0.15, 0.2) is 23.9 Å². The minimum Gasteiger partial charge on any atom is -0.493 e. The van der Waals surface area contributed by atoms with Gasteiger partial charge in [0.05, 0.1) is 13.2 Å². The van der Waals surface area contributed by atoms with Gasteiger partial charge in [-0.1, -0.05) is 6.07 Å². The Balaban J connectivity index is 3.13. The Hall–Kier alpha value is -2.50. The van der Waals surface area contributed by atoms with Crippen LogP contribution in [0.1, 0.15) is 26.3 Å². The minimum atomic E-state index is -1.22. The fraction of sp³-hybridized carbons (Fsp3) is 0.333.